The van der Waals surface area contributed by atoms with Crippen molar-refractivity contribution in [3.63, 3.8) is 0 Å². The lowest BCUT2D eigenvalue weighted by Gasteiger charge is -2.30. The highest BCUT2D eigenvalue weighted by molar-refractivity contribution is 7.07. The molecule has 0 fully saturated rings. The lowest BCUT2D eigenvalue weighted by atomic mass is 9.83. The van der Waals surface area contributed by atoms with Crippen LogP contribution in [0.2, 0.25) is 0 Å². The average molecular weight is 607 g/mol. The zero-order chi connectivity index (χ0) is 30.3. The SMILES string of the molecule is COc1ccc([C@@H]2C3=C(N=c4s/c(=C/c5ccc(OCc6cccc7ccccc67)cc5)c(=O)n42)c2ccccc2CC3)cc1. The summed E-state index contributed by atoms with van der Waals surface area (Å²) in [5, 5.41) is 2.40. The monoisotopic (exact) mass is 606 g/mol. The molecule has 0 spiro atoms. The van der Waals surface area contributed by atoms with Crippen LogP contribution in [0.1, 0.15) is 40.3 Å². The predicted molar refractivity (Wildman–Crippen MR) is 180 cm³/mol. The molecule has 0 bridgehead atoms. The van der Waals surface area contributed by atoms with E-state index in [0.29, 0.717) is 11.1 Å². The Bertz CT molecular complexity index is 2270. The zero-order valence-electron chi connectivity index (χ0n) is 24.8. The molecular formula is C39H30N2O3S. The van der Waals surface area contributed by atoms with Gasteiger partial charge in [-0.05, 0) is 81.8 Å². The van der Waals surface area contributed by atoms with Gasteiger partial charge in [0.1, 0.15) is 18.1 Å². The highest BCUT2D eigenvalue weighted by atomic mass is 32.1. The highest BCUT2D eigenvalue weighted by Crippen LogP contribution is 2.41. The Morgan fingerprint density at radius 1 is 0.844 bits per heavy atom. The van der Waals surface area contributed by atoms with Crippen LogP contribution >= 0.6 is 11.3 Å². The number of allylic oxidation sites excluding steroid dienone is 1. The molecule has 5 nitrogen and oxygen atoms in total. The van der Waals surface area contributed by atoms with Gasteiger partial charge in [0.25, 0.3) is 5.56 Å². The molecule has 1 aliphatic carbocycles. The molecule has 220 valence electrons. The van der Waals surface area contributed by atoms with Crippen LogP contribution in [0.15, 0.2) is 131 Å². The number of methoxy groups -OCH3 is 1. The van der Waals surface area contributed by atoms with E-state index in [1.807, 2.05) is 47.0 Å². The van der Waals surface area contributed by atoms with E-state index in [2.05, 4.69) is 78.9 Å². The number of hydrogen-bond acceptors (Lipinski definition) is 5. The maximum Gasteiger partial charge on any atom is 0.271 e. The fourth-order valence-corrected chi connectivity index (χ4v) is 7.50. The van der Waals surface area contributed by atoms with Crippen molar-refractivity contribution in [3.05, 3.63) is 168 Å². The molecule has 0 amide bonds. The summed E-state index contributed by atoms with van der Waals surface area (Å²) in [5.74, 6) is 1.58. The first-order chi connectivity index (χ1) is 22.2. The summed E-state index contributed by atoms with van der Waals surface area (Å²) in [4.78, 5) is 19.9. The molecular weight excluding hydrogens is 577 g/mol. The van der Waals surface area contributed by atoms with Crippen molar-refractivity contribution in [1.82, 2.24) is 4.57 Å². The van der Waals surface area contributed by atoms with Gasteiger partial charge >= 0.3 is 0 Å². The van der Waals surface area contributed by atoms with E-state index in [1.54, 1.807) is 7.11 Å². The molecule has 5 aromatic carbocycles. The largest absolute Gasteiger partial charge is 0.497 e. The van der Waals surface area contributed by atoms with Crippen LogP contribution in [-0.4, -0.2) is 11.7 Å². The van der Waals surface area contributed by atoms with Crippen LogP contribution in [0, 0.1) is 0 Å². The summed E-state index contributed by atoms with van der Waals surface area (Å²) < 4.78 is 14.1. The van der Waals surface area contributed by atoms with Crippen LogP contribution in [-0.2, 0) is 13.0 Å². The molecule has 1 aromatic heterocycles. The number of hydrogen-bond donors (Lipinski definition) is 0. The van der Waals surface area contributed by atoms with Gasteiger partial charge < -0.3 is 9.47 Å². The minimum atomic E-state index is -0.220. The lowest BCUT2D eigenvalue weighted by Crippen LogP contribution is -2.38. The summed E-state index contributed by atoms with van der Waals surface area (Å²) in [7, 11) is 1.67. The Hall–Kier alpha value is -5.20. The zero-order valence-corrected chi connectivity index (χ0v) is 25.6. The maximum absolute atomic E-state index is 14.1. The summed E-state index contributed by atoms with van der Waals surface area (Å²) in [5.41, 5.74) is 7.76. The van der Waals surface area contributed by atoms with Crippen molar-refractivity contribution in [3.8, 4) is 11.5 Å². The fourth-order valence-electron chi connectivity index (χ4n) is 6.50. The van der Waals surface area contributed by atoms with Gasteiger partial charge in [0, 0.05) is 5.56 Å². The quantitative estimate of drug-likeness (QED) is 0.204. The van der Waals surface area contributed by atoms with Crippen LogP contribution < -0.4 is 24.4 Å². The molecule has 0 radical (unpaired) electrons. The van der Waals surface area contributed by atoms with E-state index in [0.717, 1.165) is 57.1 Å². The van der Waals surface area contributed by atoms with Gasteiger partial charge in [0.2, 0.25) is 0 Å². The Balaban J connectivity index is 1.15. The smallest absolute Gasteiger partial charge is 0.271 e. The van der Waals surface area contributed by atoms with E-state index < -0.39 is 0 Å². The summed E-state index contributed by atoms with van der Waals surface area (Å²) >= 11 is 1.44. The van der Waals surface area contributed by atoms with E-state index >= 15 is 0 Å². The van der Waals surface area contributed by atoms with Crippen LogP contribution in [0.4, 0.5) is 0 Å². The third-order valence-corrected chi connectivity index (χ3v) is 9.74. The van der Waals surface area contributed by atoms with Gasteiger partial charge in [-0.2, -0.15) is 0 Å². The summed E-state index contributed by atoms with van der Waals surface area (Å²) in [6, 6.07) is 38.9. The molecule has 0 saturated heterocycles. The maximum atomic E-state index is 14.1. The Labute approximate surface area is 264 Å². The van der Waals surface area contributed by atoms with Crippen molar-refractivity contribution in [2.24, 2.45) is 4.99 Å². The molecule has 2 heterocycles. The van der Waals surface area contributed by atoms with E-state index in [-0.39, 0.29) is 11.6 Å². The highest BCUT2D eigenvalue weighted by Gasteiger charge is 2.32. The van der Waals surface area contributed by atoms with Gasteiger partial charge in [-0.25, -0.2) is 4.99 Å². The fraction of sp³-hybridized carbons (Fsp3) is 0.128. The molecule has 45 heavy (non-hydrogen) atoms. The molecule has 6 aromatic rings. The summed E-state index contributed by atoms with van der Waals surface area (Å²) in [6.07, 6.45) is 3.74. The average Bonchev–Trinajstić information content (AvgIpc) is 3.40. The van der Waals surface area contributed by atoms with Gasteiger partial charge in [0.15, 0.2) is 4.80 Å². The van der Waals surface area contributed by atoms with Crippen molar-refractivity contribution in [1.29, 1.82) is 0 Å². The van der Waals surface area contributed by atoms with Crippen LogP contribution in [0.5, 0.6) is 11.5 Å². The number of thiazole rings is 1. The van der Waals surface area contributed by atoms with Crippen molar-refractivity contribution in [2.75, 3.05) is 7.11 Å². The minimum absolute atomic E-state index is 0.0266. The first-order valence-corrected chi connectivity index (χ1v) is 15.9. The first kappa shape index (κ1) is 27.4. The molecule has 0 saturated carbocycles. The van der Waals surface area contributed by atoms with Gasteiger partial charge in [-0.3, -0.25) is 9.36 Å². The summed E-state index contributed by atoms with van der Waals surface area (Å²) in [6.45, 7) is 0.485. The standard InChI is InChI=1S/C39H30N2O3S/c1-43-30-20-15-28(16-21-30)37-34-22-17-27-8-3-5-12-33(27)36(34)40-39-41(37)38(42)35(45-39)23-25-13-18-31(19-14-25)44-24-29-10-6-9-26-7-2-4-11-32(26)29/h2-16,18-21,23,37H,17,22,24H2,1H3/b35-23+/t37-/m1/s1. The van der Waals surface area contributed by atoms with Crippen LogP contribution in [0.3, 0.4) is 0 Å². The second-order valence-electron chi connectivity index (χ2n) is 11.4. The van der Waals surface area contributed by atoms with E-state index in [1.165, 1.54) is 33.2 Å². The third kappa shape index (κ3) is 4.97. The topological polar surface area (TPSA) is 52.8 Å². The molecule has 1 aliphatic heterocycles. The Kier molecular flexibility index (Phi) is 6.92. The van der Waals surface area contributed by atoms with Crippen molar-refractivity contribution >= 4 is 33.9 Å². The molecule has 8 rings (SSSR count). The third-order valence-electron chi connectivity index (χ3n) is 8.76. The van der Waals surface area contributed by atoms with Gasteiger partial charge in [0.05, 0.1) is 23.4 Å². The Morgan fingerprint density at radius 3 is 2.44 bits per heavy atom. The second-order valence-corrected chi connectivity index (χ2v) is 12.4. The second kappa shape index (κ2) is 11.4. The first-order valence-electron chi connectivity index (χ1n) is 15.1. The van der Waals surface area contributed by atoms with Crippen molar-refractivity contribution < 1.29 is 9.47 Å². The number of aromatic nitrogens is 1. The van der Waals surface area contributed by atoms with Gasteiger partial charge in [-0.1, -0.05) is 102 Å². The van der Waals surface area contributed by atoms with Gasteiger partial charge in [-0.15, -0.1) is 0 Å². The Morgan fingerprint density at radius 2 is 1.60 bits per heavy atom. The minimum Gasteiger partial charge on any atom is -0.497 e. The molecule has 0 unspecified atom stereocenters. The molecule has 2 aliphatic rings. The van der Waals surface area contributed by atoms with Crippen molar-refractivity contribution in [2.45, 2.75) is 25.5 Å². The van der Waals surface area contributed by atoms with E-state index in [4.69, 9.17) is 14.5 Å². The normalized spacial score (nSPS) is 15.7. The number of aryl methyl sites for hydroxylation is 1. The van der Waals surface area contributed by atoms with Crippen LogP contribution in [0.25, 0.3) is 22.5 Å². The number of fused-ring (bicyclic) bond motifs is 4. The number of rotatable bonds is 6. The lowest BCUT2D eigenvalue weighted by molar-refractivity contribution is 0.307. The molecule has 0 N–H and O–H groups in total. The predicted octanol–water partition coefficient (Wildman–Crippen LogP) is 7.06. The molecule has 1 atom stereocenters. The number of ether oxygens (including phenoxy) is 2. The van der Waals surface area contributed by atoms with E-state index in [9.17, 15) is 4.79 Å². The number of benzene rings is 5. The molecule has 6 heteroatoms. The number of nitrogens with zero attached hydrogens (tertiary/aromatic N) is 2.